The highest BCUT2D eigenvalue weighted by Crippen LogP contribution is 2.12. The zero-order chi connectivity index (χ0) is 19.0. The summed E-state index contributed by atoms with van der Waals surface area (Å²) in [4.78, 5) is 33.9. The van der Waals surface area contributed by atoms with Crippen molar-refractivity contribution in [3.63, 3.8) is 0 Å². The molecular formula is C17H26N2O6. The van der Waals surface area contributed by atoms with Crippen molar-refractivity contribution in [3.05, 3.63) is 23.5 Å². The molecule has 0 radical (unpaired) electrons. The zero-order valence-electron chi connectivity index (χ0n) is 14.8. The van der Waals surface area contributed by atoms with Crippen LogP contribution < -0.4 is 5.32 Å². The lowest BCUT2D eigenvalue weighted by Crippen LogP contribution is -2.43. The van der Waals surface area contributed by atoms with Crippen LogP contribution in [0, 0.1) is 0 Å². The molecule has 1 rings (SSSR count). The Morgan fingerprint density at radius 1 is 1.32 bits per heavy atom. The highest BCUT2D eigenvalue weighted by molar-refractivity contribution is 5.79. The number of ether oxygens (including phenoxy) is 1. The van der Waals surface area contributed by atoms with Crippen molar-refractivity contribution >= 4 is 18.3 Å². The van der Waals surface area contributed by atoms with Crippen LogP contribution in [0.25, 0.3) is 0 Å². The van der Waals surface area contributed by atoms with Gasteiger partial charge in [0.2, 0.25) is 0 Å². The summed E-state index contributed by atoms with van der Waals surface area (Å²) in [6, 6.07) is 2.26. The number of carboxylic acids is 1. The number of aldehydes is 1. The molecule has 1 unspecified atom stereocenters. The number of carboxylic acid groups (broad SMARTS) is 1. The minimum atomic E-state index is -1.13. The predicted octanol–water partition coefficient (Wildman–Crippen LogP) is 1.94. The standard InChI is InChI=1S/C17H26N2O6/c1-17(2,3)25-16(24)18-14(15(22)23)6-4-5-9-19-12(10-20)7-8-13(19)11-21/h7-8,10,14,21H,4-6,9,11H2,1-3H3,(H,18,24)(H,22,23). The van der Waals surface area contributed by atoms with Gasteiger partial charge in [0.05, 0.1) is 12.3 Å². The van der Waals surface area contributed by atoms with E-state index in [9.17, 15) is 24.6 Å². The molecule has 25 heavy (non-hydrogen) atoms. The molecular weight excluding hydrogens is 328 g/mol. The molecule has 0 saturated carbocycles. The van der Waals surface area contributed by atoms with Gasteiger partial charge in [-0.3, -0.25) is 4.79 Å². The number of nitrogens with one attached hydrogen (secondary N) is 1. The van der Waals surface area contributed by atoms with Crippen molar-refractivity contribution in [2.75, 3.05) is 0 Å². The second kappa shape index (κ2) is 9.22. The van der Waals surface area contributed by atoms with Gasteiger partial charge in [-0.15, -0.1) is 0 Å². The molecule has 1 amide bonds. The number of aliphatic hydroxyl groups is 1. The van der Waals surface area contributed by atoms with Gasteiger partial charge < -0.3 is 24.8 Å². The molecule has 0 spiro atoms. The third kappa shape index (κ3) is 6.96. The van der Waals surface area contributed by atoms with Gasteiger partial charge in [-0.1, -0.05) is 0 Å². The molecule has 140 valence electrons. The van der Waals surface area contributed by atoms with Crippen LogP contribution in [-0.4, -0.2) is 44.8 Å². The van der Waals surface area contributed by atoms with Gasteiger partial charge in [0.15, 0.2) is 6.29 Å². The van der Waals surface area contributed by atoms with Gasteiger partial charge >= 0.3 is 12.1 Å². The number of nitrogens with zero attached hydrogens (tertiary/aromatic N) is 1. The number of alkyl carbamates (subject to hydrolysis) is 1. The third-order valence-corrected chi connectivity index (χ3v) is 3.50. The number of carbonyl (C=O) groups is 3. The highest BCUT2D eigenvalue weighted by atomic mass is 16.6. The number of aromatic nitrogens is 1. The Bertz CT molecular complexity index is 603. The van der Waals surface area contributed by atoms with Gasteiger partial charge in [-0.25, -0.2) is 9.59 Å². The van der Waals surface area contributed by atoms with Crippen LogP contribution in [0.5, 0.6) is 0 Å². The molecule has 8 heteroatoms. The van der Waals surface area contributed by atoms with Crippen LogP contribution in [0.15, 0.2) is 12.1 Å². The molecule has 8 nitrogen and oxygen atoms in total. The highest BCUT2D eigenvalue weighted by Gasteiger charge is 2.23. The zero-order valence-corrected chi connectivity index (χ0v) is 14.8. The van der Waals surface area contributed by atoms with E-state index in [2.05, 4.69) is 5.32 Å². The number of hydrogen-bond donors (Lipinski definition) is 3. The number of unbranched alkanes of at least 4 members (excludes halogenated alkanes) is 1. The quantitative estimate of drug-likeness (QED) is 0.461. The second-order valence-corrected chi connectivity index (χ2v) is 6.71. The number of aliphatic carboxylic acids is 1. The molecule has 0 aliphatic rings. The van der Waals surface area contributed by atoms with E-state index >= 15 is 0 Å². The summed E-state index contributed by atoms with van der Waals surface area (Å²) in [7, 11) is 0. The molecule has 0 aliphatic carbocycles. The fraction of sp³-hybridized carbons (Fsp3) is 0.588. The number of rotatable bonds is 9. The number of hydrogen-bond acceptors (Lipinski definition) is 5. The van der Waals surface area contributed by atoms with Gasteiger partial charge in [0.25, 0.3) is 0 Å². The minimum Gasteiger partial charge on any atom is -0.480 e. The maximum Gasteiger partial charge on any atom is 0.408 e. The van der Waals surface area contributed by atoms with Crippen LogP contribution in [0.1, 0.15) is 56.2 Å². The maximum atomic E-state index is 11.7. The van der Waals surface area contributed by atoms with Gasteiger partial charge in [0.1, 0.15) is 11.6 Å². The Labute approximate surface area is 146 Å². The first kappa shape index (κ1) is 20.7. The average molecular weight is 354 g/mol. The molecule has 0 fully saturated rings. The normalized spacial score (nSPS) is 12.5. The lowest BCUT2D eigenvalue weighted by molar-refractivity contribution is -0.139. The van der Waals surface area contributed by atoms with E-state index in [-0.39, 0.29) is 13.0 Å². The Kier molecular flexibility index (Phi) is 7.63. The number of aliphatic hydroxyl groups excluding tert-OH is 1. The Hall–Kier alpha value is -2.35. The minimum absolute atomic E-state index is 0.175. The van der Waals surface area contributed by atoms with Crippen molar-refractivity contribution in [1.29, 1.82) is 0 Å². The van der Waals surface area contributed by atoms with Crippen molar-refractivity contribution in [1.82, 2.24) is 9.88 Å². The van der Waals surface area contributed by atoms with E-state index in [1.165, 1.54) is 0 Å². The lowest BCUT2D eigenvalue weighted by Gasteiger charge is -2.22. The van der Waals surface area contributed by atoms with Crippen LogP contribution in [-0.2, 0) is 22.7 Å². The molecule has 0 saturated heterocycles. The summed E-state index contributed by atoms with van der Waals surface area (Å²) < 4.78 is 6.76. The second-order valence-electron chi connectivity index (χ2n) is 6.71. The lowest BCUT2D eigenvalue weighted by atomic mass is 10.1. The van der Waals surface area contributed by atoms with Gasteiger partial charge in [-0.05, 0) is 52.2 Å². The van der Waals surface area contributed by atoms with Crippen molar-refractivity contribution in [3.8, 4) is 0 Å². The molecule has 1 heterocycles. The van der Waals surface area contributed by atoms with Gasteiger partial charge in [-0.2, -0.15) is 0 Å². The molecule has 0 aliphatic heterocycles. The average Bonchev–Trinajstić information content (AvgIpc) is 2.90. The van der Waals surface area contributed by atoms with Crippen molar-refractivity contribution < 1.29 is 29.3 Å². The molecule has 3 N–H and O–H groups in total. The molecule has 0 aromatic carbocycles. The third-order valence-electron chi connectivity index (χ3n) is 3.50. The summed E-state index contributed by atoms with van der Waals surface area (Å²) in [5.41, 5.74) is 0.391. The van der Waals surface area contributed by atoms with Crippen LogP contribution >= 0.6 is 0 Å². The summed E-state index contributed by atoms with van der Waals surface area (Å²) in [6.07, 6.45) is 1.30. The smallest absolute Gasteiger partial charge is 0.408 e. The predicted molar refractivity (Wildman–Crippen MR) is 90.4 cm³/mol. The summed E-state index contributed by atoms with van der Waals surface area (Å²) in [5, 5.41) is 20.8. The first-order valence-electron chi connectivity index (χ1n) is 8.14. The SMILES string of the molecule is CC(C)(C)OC(=O)NC(CCCCn1c(C=O)ccc1CO)C(=O)O. The van der Waals surface area contributed by atoms with E-state index < -0.39 is 23.7 Å². The van der Waals surface area contributed by atoms with Crippen LogP contribution in [0.2, 0.25) is 0 Å². The van der Waals surface area contributed by atoms with E-state index in [0.29, 0.717) is 37.1 Å². The number of amides is 1. The summed E-state index contributed by atoms with van der Waals surface area (Å²) in [5.74, 6) is -1.13. The van der Waals surface area contributed by atoms with E-state index in [4.69, 9.17) is 4.74 Å². The first-order chi connectivity index (χ1) is 11.7. The van der Waals surface area contributed by atoms with Crippen LogP contribution in [0.4, 0.5) is 4.79 Å². The van der Waals surface area contributed by atoms with E-state index in [1.807, 2.05) is 0 Å². The Morgan fingerprint density at radius 3 is 2.52 bits per heavy atom. The topological polar surface area (TPSA) is 118 Å². The Balaban J connectivity index is 2.51. The summed E-state index contributed by atoms with van der Waals surface area (Å²) >= 11 is 0. The van der Waals surface area contributed by atoms with Gasteiger partial charge in [0, 0.05) is 12.2 Å². The molecule has 1 aromatic heterocycles. The fourth-order valence-corrected chi connectivity index (χ4v) is 2.37. The monoisotopic (exact) mass is 354 g/mol. The number of carbonyl (C=O) groups excluding carboxylic acids is 2. The molecule has 0 bridgehead atoms. The Morgan fingerprint density at radius 2 is 2.00 bits per heavy atom. The maximum absolute atomic E-state index is 11.7. The largest absolute Gasteiger partial charge is 0.480 e. The fourth-order valence-electron chi connectivity index (χ4n) is 2.37. The van der Waals surface area contributed by atoms with Crippen LogP contribution in [0.3, 0.4) is 0 Å². The van der Waals surface area contributed by atoms with E-state index in [0.717, 1.165) is 0 Å². The van der Waals surface area contributed by atoms with Crippen molar-refractivity contribution in [2.45, 2.75) is 64.8 Å². The first-order valence-corrected chi connectivity index (χ1v) is 8.14. The molecule has 1 aromatic rings. The molecule has 1 atom stereocenters. The van der Waals surface area contributed by atoms with Crippen molar-refractivity contribution in [2.24, 2.45) is 0 Å². The summed E-state index contributed by atoms with van der Waals surface area (Å²) in [6.45, 7) is 5.40. The van der Waals surface area contributed by atoms with E-state index in [1.54, 1.807) is 37.5 Å².